The molecule has 6 aliphatic heterocycles. The number of nitrogens with zero attached hydrogens (tertiary/aromatic N) is 4. The molecule has 10 amide bonds. The predicted molar refractivity (Wildman–Crippen MR) is 377 cm³/mol. The van der Waals surface area contributed by atoms with Crippen molar-refractivity contribution < 1.29 is 226 Å². The summed E-state index contributed by atoms with van der Waals surface area (Å²) in [5.41, 5.74) is 14.7. The third-order valence-electron chi connectivity index (χ3n) is 15.5. The number of piperidine rings is 2. The van der Waals surface area contributed by atoms with Crippen molar-refractivity contribution in [3.8, 4) is 23.0 Å². The number of carbonyl (C=O) groups excluding carboxylic acids is 14. The Bertz CT molecular complexity index is 3810. The van der Waals surface area contributed by atoms with Gasteiger partial charge in [-0.2, -0.15) is 0 Å². The second kappa shape index (κ2) is 47.2. The Morgan fingerprint density at radius 3 is 1.20 bits per heavy atom. The van der Waals surface area contributed by atoms with Crippen LogP contribution < -0.4 is 144 Å². The van der Waals surface area contributed by atoms with E-state index in [1.165, 1.54) is 37.8 Å². The van der Waals surface area contributed by atoms with E-state index in [4.69, 9.17) is 55.7 Å². The first-order valence-electron chi connectivity index (χ1n) is 32.7. The molecular formula is C72H87BrK2N8O25. The van der Waals surface area contributed by atoms with Gasteiger partial charge in [0.25, 0.3) is 30.1 Å². The number of primary amides is 2. The number of halogens is 1. The number of hydrogen-bond acceptors (Lipinski definition) is 25. The number of phenols is 1. The average Bonchev–Trinajstić information content (AvgIpc) is 1.66. The normalized spacial score (nSPS) is 16.0. The first kappa shape index (κ1) is 96.2. The van der Waals surface area contributed by atoms with Crippen LogP contribution in [0.25, 0.3) is 0 Å². The minimum Gasteiger partial charge on any atom is -1.00 e. The maximum Gasteiger partial charge on any atom is 1.00 e. The molecule has 4 aromatic carbocycles. The van der Waals surface area contributed by atoms with Crippen LogP contribution in [-0.4, -0.2) is 180 Å². The molecule has 33 nitrogen and oxygen atoms in total. The van der Waals surface area contributed by atoms with Crippen molar-refractivity contribution in [3.63, 3.8) is 0 Å². The molecule has 0 bridgehead atoms. The van der Waals surface area contributed by atoms with Crippen molar-refractivity contribution in [2.45, 2.75) is 154 Å². The molecule has 0 aliphatic carbocycles. The van der Waals surface area contributed by atoms with Gasteiger partial charge in [-0.3, -0.25) is 77.8 Å². The van der Waals surface area contributed by atoms with Crippen LogP contribution in [0.2, 0.25) is 0 Å². The van der Waals surface area contributed by atoms with Gasteiger partial charge in [0.05, 0.1) is 0 Å². The SMILES string of the molecule is C=CCBr.C=CCOc1ccc2c(c1)CN([C@@H](CCC(=O)OC(C)(C)C)C(N)=O)C2=O.C=CCOc1ccc2c(c1)CN([C@H]1CCC(=O)NC1=O)C2=O.CC(C)(C)OC(=O)CC[C@@H](C(N)=O)N1Cc2cc(O)ccc2C1=O.O=CCOc1ccc2c(c1)CN([C@H]1CCC(=O)NC1=O)C2=O.O=CO[O-].OOO.[H-].[K+].[K+]. The number of phenolic OH excluding ortho intramolecular Hbond substituents is 1. The first-order chi connectivity index (χ1) is 50.1. The maximum absolute atomic E-state index is 12.7. The Hall–Kier alpha value is -7.93. The third kappa shape index (κ3) is 29.8. The van der Waals surface area contributed by atoms with Gasteiger partial charge in [-0.1, -0.05) is 52.4 Å². The summed E-state index contributed by atoms with van der Waals surface area (Å²) in [6.45, 7) is 22.7. The molecular weight excluding hydrogens is 1530 g/mol. The zero-order chi connectivity index (χ0) is 79.2. The van der Waals surface area contributed by atoms with Gasteiger partial charge < -0.3 is 71.4 Å². The van der Waals surface area contributed by atoms with Crippen LogP contribution in [0.4, 0.5) is 0 Å². The number of hydrogen-bond donors (Lipinski definition) is 7. The van der Waals surface area contributed by atoms with Crippen LogP contribution in [0.5, 0.6) is 23.0 Å². The number of alkyl halides is 1. The summed E-state index contributed by atoms with van der Waals surface area (Å²) in [7, 11) is 0. The van der Waals surface area contributed by atoms with Crippen molar-refractivity contribution in [3.05, 3.63) is 155 Å². The first-order valence-corrected chi connectivity index (χ1v) is 33.8. The third-order valence-corrected chi connectivity index (χ3v) is 16.0. The van der Waals surface area contributed by atoms with Crippen molar-refractivity contribution in [1.82, 2.24) is 30.2 Å². The Labute approximate surface area is 717 Å². The van der Waals surface area contributed by atoms with Crippen LogP contribution in [0.1, 0.15) is 158 Å². The molecule has 4 aromatic rings. The van der Waals surface area contributed by atoms with Gasteiger partial charge in [-0.25, -0.2) is 10.5 Å². The Morgan fingerprint density at radius 2 is 0.898 bits per heavy atom. The fourth-order valence-electron chi connectivity index (χ4n) is 11.2. The number of fused-ring (bicyclic) bond motifs is 4. The minimum absolute atomic E-state index is 0. The predicted octanol–water partition coefficient (Wildman–Crippen LogP) is -1.38. The van der Waals surface area contributed by atoms with E-state index in [9.17, 15) is 67.4 Å². The Balaban J connectivity index is 0.000000689. The second-order valence-corrected chi connectivity index (χ2v) is 26.1. The van der Waals surface area contributed by atoms with E-state index in [1.54, 1.807) is 108 Å². The Kier molecular flexibility index (Phi) is 42.0. The molecule has 10 rings (SSSR count). The number of aromatic hydroxyl groups is 1. The number of aldehydes is 1. The summed E-state index contributed by atoms with van der Waals surface area (Å²) in [4.78, 5) is 171. The molecule has 6 aliphatic rings. The summed E-state index contributed by atoms with van der Waals surface area (Å²) < 4.78 is 26.6. The van der Waals surface area contributed by atoms with Gasteiger partial charge in [0.1, 0.15) is 78.2 Å². The molecule has 6 heterocycles. The molecule has 574 valence electrons. The zero-order valence-electron chi connectivity index (χ0n) is 62.2. The fourth-order valence-corrected chi connectivity index (χ4v) is 11.2. The number of rotatable bonds is 23. The monoisotopic (exact) mass is 1620 g/mol. The van der Waals surface area contributed by atoms with E-state index in [2.05, 4.69) is 56.2 Å². The summed E-state index contributed by atoms with van der Waals surface area (Å²) in [6, 6.07) is 16.7. The van der Waals surface area contributed by atoms with E-state index in [-0.39, 0.29) is 210 Å². The van der Waals surface area contributed by atoms with Crippen molar-refractivity contribution in [2.75, 3.05) is 25.2 Å². The van der Waals surface area contributed by atoms with Crippen LogP contribution in [0.3, 0.4) is 0 Å². The van der Waals surface area contributed by atoms with Crippen LogP contribution in [0, 0.1) is 0 Å². The zero-order valence-corrected chi connectivity index (χ0v) is 69.0. The topological polar surface area (TPSA) is 476 Å². The van der Waals surface area contributed by atoms with Gasteiger partial charge in [0.15, 0.2) is 6.29 Å². The summed E-state index contributed by atoms with van der Waals surface area (Å²) in [6.07, 6.45) is 7.08. The van der Waals surface area contributed by atoms with Crippen LogP contribution in [0.15, 0.2) is 111 Å². The van der Waals surface area contributed by atoms with Crippen molar-refractivity contribution >= 4 is 99.7 Å². The standard InChI is InChI=1S/C20H26N2O5.C17H22N2O5.C16H16N2O4.C15H14N2O5.C3H5Br.CH2O3.2K.H2O3.H/c1-5-10-26-14-6-7-15-13(11-14)12-22(19(15)25)16(18(21)24)8-9-17(23)27-20(2,3)4;1-17(2,3)24-14(21)7-6-13(15(18)22)19-9-10-8-11(20)4-5-12(10)16(19)23;1-2-7-22-11-3-4-12-10(8-11)9-18(16(12)21)13-5-6-14(19)17-15(13)20;18-5-6-22-10-1-2-11-9(7-10)8-17(15(11)21)12-3-4-13(19)16-14(12)20;1-2-3-4;2-1-4-3;;;1-3-2;/h5-7,11,16H,1,8-10,12H2,2-4H3,(H2,21,24);4-5,8,13,20H,6-7,9H2,1-3H3,(H2,18,22);2-4,8,13H,1,5-7,9H2,(H,17,19,20);1-2,5,7,12H,3-4,6,8H2,(H,16,19,20);2H,1,3H2;1,3H;;;1-2H;/q;;;;;;2*+1;;-1/p-1/t16-;2*13-;12-;;;;;;/m0000....../s1. The molecule has 0 radical (unpaired) electrons. The number of benzene rings is 4. The molecule has 9 N–H and O–H groups in total. The van der Waals surface area contributed by atoms with Crippen molar-refractivity contribution in [1.29, 1.82) is 0 Å². The summed E-state index contributed by atoms with van der Waals surface area (Å²) in [5, 5.41) is 38.9. The number of nitrogens with two attached hydrogens (primary N) is 2. The number of amides is 10. The van der Waals surface area contributed by atoms with E-state index in [0.717, 1.165) is 22.0 Å². The van der Waals surface area contributed by atoms with E-state index in [0.29, 0.717) is 90.5 Å². The van der Waals surface area contributed by atoms with Crippen LogP contribution in [-0.2, 0) is 93.5 Å². The van der Waals surface area contributed by atoms with Gasteiger partial charge in [-0.15, -0.1) is 6.58 Å². The number of nitrogens with one attached hydrogen (secondary N) is 2. The molecule has 0 spiro atoms. The quantitative estimate of drug-likeness (QED) is 0.00657. The van der Waals surface area contributed by atoms with Crippen molar-refractivity contribution in [2.24, 2.45) is 11.5 Å². The molecule has 2 fully saturated rings. The number of carbonyl (C=O) groups is 14. The molecule has 0 saturated carbocycles. The van der Waals surface area contributed by atoms with Gasteiger partial charge >= 0.3 is 115 Å². The molecule has 36 heteroatoms. The largest absolute Gasteiger partial charge is 1.00 e. The number of esters is 2. The fraction of sp³-hybridized carbons (Fsp3) is 0.389. The number of allylic oxidation sites excluding steroid dienone is 1. The summed E-state index contributed by atoms with van der Waals surface area (Å²) in [5.74, 6) is -2.84. The maximum atomic E-state index is 12.7. The summed E-state index contributed by atoms with van der Waals surface area (Å²) >= 11 is 3.13. The smallest absolute Gasteiger partial charge is 1.00 e. The van der Waals surface area contributed by atoms with E-state index in [1.807, 2.05) is 6.07 Å². The molecule has 4 atom stereocenters. The average molecular weight is 1620 g/mol. The van der Waals surface area contributed by atoms with Gasteiger partial charge in [0.2, 0.25) is 35.4 Å². The molecule has 108 heavy (non-hydrogen) atoms. The number of ether oxygens (including phenoxy) is 5. The molecule has 2 saturated heterocycles. The van der Waals surface area contributed by atoms with Crippen LogP contribution >= 0.6 is 15.9 Å². The van der Waals surface area contributed by atoms with Gasteiger partial charge in [0, 0.05) is 79.4 Å². The van der Waals surface area contributed by atoms with Gasteiger partial charge in [-0.05, 0) is 162 Å². The number of imide groups is 2. The van der Waals surface area contributed by atoms with E-state index < -0.39 is 70.9 Å². The van der Waals surface area contributed by atoms with E-state index >= 15 is 0 Å². The molecule has 0 unspecified atom stereocenters. The minimum atomic E-state index is -0.903. The Morgan fingerprint density at radius 1 is 0.574 bits per heavy atom. The second-order valence-electron chi connectivity index (χ2n) is 25.4. The molecule has 0 aromatic heterocycles.